The number of nitrogens with zero attached hydrogens (tertiary/aromatic N) is 3. The van der Waals surface area contributed by atoms with E-state index in [1.54, 1.807) is 24.3 Å². The first kappa shape index (κ1) is 17.9. The van der Waals surface area contributed by atoms with Crippen molar-refractivity contribution in [1.29, 1.82) is 0 Å². The molecule has 140 valence electrons. The van der Waals surface area contributed by atoms with Crippen LogP contribution < -0.4 is 5.32 Å². The SMILES string of the molecule is C#Cc1cccnc1C(=O)Nc1nc2c(C(=O)O)cccc2[nH]1.c1cc2ncc1-2. The summed E-state index contributed by atoms with van der Waals surface area (Å²) in [5, 5.41) is 11.7. The first-order chi connectivity index (χ1) is 14.1. The van der Waals surface area contributed by atoms with Crippen LogP contribution in [0, 0.1) is 12.3 Å². The number of hydrogen-bond acceptors (Lipinski definition) is 5. The van der Waals surface area contributed by atoms with E-state index in [0.29, 0.717) is 11.1 Å². The Bertz CT molecular complexity index is 1260. The van der Waals surface area contributed by atoms with Crippen LogP contribution in [0.3, 0.4) is 0 Å². The summed E-state index contributed by atoms with van der Waals surface area (Å²) in [6.45, 7) is 0. The lowest BCUT2D eigenvalue weighted by Crippen LogP contribution is -2.16. The number of aromatic carboxylic acids is 1. The van der Waals surface area contributed by atoms with Crippen LogP contribution in [0.5, 0.6) is 0 Å². The number of carboxylic acid groups (broad SMARTS) is 1. The third-order valence-corrected chi connectivity index (χ3v) is 4.21. The van der Waals surface area contributed by atoms with Crippen molar-refractivity contribution in [3.63, 3.8) is 0 Å². The number of aromatic nitrogens is 4. The Balaban J connectivity index is 0.000000286. The Morgan fingerprint density at radius 2 is 1.93 bits per heavy atom. The molecule has 1 amide bonds. The minimum absolute atomic E-state index is 0.0430. The normalized spacial score (nSPS) is 10.4. The van der Waals surface area contributed by atoms with Gasteiger partial charge in [0.15, 0.2) is 0 Å². The van der Waals surface area contributed by atoms with Crippen LogP contribution in [0.2, 0.25) is 0 Å². The van der Waals surface area contributed by atoms with Gasteiger partial charge in [0, 0.05) is 18.0 Å². The minimum Gasteiger partial charge on any atom is -0.478 e. The number of anilines is 1. The molecule has 3 heterocycles. The number of carbonyl (C=O) groups is 2. The average molecular weight is 383 g/mol. The van der Waals surface area contributed by atoms with Crippen LogP contribution in [0.15, 0.2) is 54.9 Å². The number of imidazole rings is 1. The molecule has 2 aromatic heterocycles. The van der Waals surface area contributed by atoms with Gasteiger partial charge in [-0.3, -0.25) is 15.1 Å². The number of pyridine rings is 2. The maximum absolute atomic E-state index is 12.2. The fourth-order valence-electron chi connectivity index (χ4n) is 2.69. The highest BCUT2D eigenvalue weighted by molar-refractivity contribution is 6.05. The van der Waals surface area contributed by atoms with Gasteiger partial charge in [0.2, 0.25) is 5.95 Å². The van der Waals surface area contributed by atoms with Gasteiger partial charge in [-0.2, -0.15) is 0 Å². The fourth-order valence-corrected chi connectivity index (χ4v) is 2.69. The second kappa shape index (κ2) is 7.25. The summed E-state index contributed by atoms with van der Waals surface area (Å²) in [6.07, 6.45) is 8.66. The van der Waals surface area contributed by atoms with Crippen molar-refractivity contribution in [3.8, 4) is 23.6 Å². The number of rotatable bonds is 3. The summed E-state index contributed by atoms with van der Waals surface area (Å²) < 4.78 is 0. The quantitative estimate of drug-likeness (QED) is 0.412. The first-order valence-electron chi connectivity index (χ1n) is 8.48. The van der Waals surface area contributed by atoms with Crippen LogP contribution in [0.4, 0.5) is 5.95 Å². The number of carboxylic acids is 1. The predicted molar refractivity (Wildman–Crippen MR) is 106 cm³/mol. The smallest absolute Gasteiger partial charge is 0.337 e. The maximum Gasteiger partial charge on any atom is 0.337 e. The molecule has 1 aromatic carbocycles. The molecule has 0 bridgehead atoms. The molecule has 1 aliphatic carbocycles. The Morgan fingerprint density at radius 1 is 1.10 bits per heavy atom. The van der Waals surface area contributed by atoms with Crippen LogP contribution in [-0.4, -0.2) is 36.9 Å². The van der Waals surface area contributed by atoms with Gasteiger partial charge >= 0.3 is 5.97 Å². The van der Waals surface area contributed by atoms with Crippen molar-refractivity contribution in [2.75, 3.05) is 5.32 Å². The predicted octanol–water partition coefficient (Wildman–Crippen LogP) is 2.95. The van der Waals surface area contributed by atoms with Crippen LogP contribution in [-0.2, 0) is 0 Å². The number of amides is 1. The summed E-state index contributed by atoms with van der Waals surface area (Å²) in [6, 6.07) is 12.0. The van der Waals surface area contributed by atoms with Crippen molar-refractivity contribution in [2.24, 2.45) is 0 Å². The van der Waals surface area contributed by atoms with Crippen molar-refractivity contribution in [2.45, 2.75) is 0 Å². The standard InChI is InChI=1S/C16H10N4O3.C5H3N/c1-2-9-5-4-8-17-12(9)14(21)20-16-18-11-7-3-6-10(15(22)23)13(11)19-16;1-2-5-4(1)3-6-5/h1,3-8H,(H,22,23)(H2,18,19,20,21);1-3H. The highest BCUT2D eigenvalue weighted by atomic mass is 16.4. The molecule has 8 heteroatoms. The van der Waals surface area contributed by atoms with E-state index in [9.17, 15) is 9.59 Å². The number of H-pyrrole nitrogens is 1. The number of aromatic amines is 1. The van der Waals surface area contributed by atoms with Gasteiger partial charge < -0.3 is 10.1 Å². The molecule has 0 radical (unpaired) electrons. The Morgan fingerprint density at radius 3 is 2.52 bits per heavy atom. The van der Waals surface area contributed by atoms with E-state index in [1.807, 2.05) is 12.3 Å². The molecule has 3 N–H and O–H groups in total. The van der Waals surface area contributed by atoms with Crippen molar-refractivity contribution >= 4 is 28.9 Å². The molecule has 3 aromatic rings. The highest BCUT2D eigenvalue weighted by Gasteiger charge is 2.16. The fraction of sp³-hybridized carbons (Fsp3) is 0. The Kier molecular flexibility index (Phi) is 4.47. The lowest BCUT2D eigenvalue weighted by Gasteiger charge is -2.08. The van der Waals surface area contributed by atoms with Crippen molar-refractivity contribution in [1.82, 2.24) is 19.9 Å². The number of carbonyl (C=O) groups excluding carboxylic acids is 1. The number of terminal acetylenes is 1. The number of fused-ring (bicyclic) bond motifs is 2. The molecular weight excluding hydrogens is 370 g/mol. The molecule has 0 atom stereocenters. The third-order valence-electron chi connectivity index (χ3n) is 4.21. The molecular formula is C21H13N5O3. The molecule has 5 rings (SSSR count). The van der Waals surface area contributed by atoms with E-state index in [-0.39, 0.29) is 22.7 Å². The van der Waals surface area contributed by atoms with Crippen molar-refractivity contribution in [3.05, 3.63) is 71.7 Å². The topological polar surface area (TPSA) is 121 Å². The monoisotopic (exact) mass is 383 g/mol. The van der Waals surface area contributed by atoms with E-state index >= 15 is 0 Å². The van der Waals surface area contributed by atoms with Crippen LogP contribution in [0.25, 0.3) is 22.3 Å². The zero-order valence-corrected chi connectivity index (χ0v) is 14.9. The van der Waals surface area contributed by atoms with Gasteiger partial charge in [0.1, 0.15) is 11.2 Å². The molecule has 1 aliphatic heterocycles. The highest BCUT2D eigenvalue weighted by Crippen LogP contribution is 2.25. The van der Waals surface area contributed by atoms with Gasteiger partial charge in [-0.25, -0.2) is 14.8 Å². The lowest BCUT2D eigenvalue weighted by atomic mass is 10.1. The summed E-state index contributed by atoms with van der Waals surface area (Å²) >= 11 is 0. The largest absolute Gasteiger partial charge is 0.478 e. The number of nitrogens with one attached hydrogen (secondary N) is 2. The zero-order valence-electron chi connectivity index (χ0n) is 14.9. The van der Waals surface area contributed by atoms with Crippen molar-refractivity contribution < 1.29 is 14.7 Å². The zero-order chi connectivity index (χ0) is 20.4. The summed E-state index contributed by atoms with van der Waals surface area (Å²) in [7, 11) is 0. The number of para-hydroxylation sites is 1. The second-order valence-corrected chi connectivity index (χ2v) is 6.02. The van der Waals surface area contributed by atoms with E-state index < -0.39 is 11.9 Å². The number of hydrogen-bond donors (Lipinski definition) is 3. The van der Waals surface area contributed by atoms with Gasteiger partial charge in [0.05, 0.1) is 22.3 Å². The number of benzene rings is 1. The molecule has 8 nitrogen and oxygen atoms in total. The van der Waals surface area contributed by atoms with Gasteiger partial charge in [0.25, 0.3) is 5.91 Å². The molecule has 2 aliphatic rings. The minimum atomic E-state index is -1.10. The average Bonchev–Trinajstić information content (AvgIpc) is 3.13. The summed E-state index contributed by atoms with van der Waals surface area (Å²) in [4.78, 5) is 38.2. The second-order valence-electron chi connectivity index (χ2n) is 6.02. The summed E-state index contributed by atoms with van der Waals surface area (Å²) in [5.74, 6) is 0.868. The van der Waals surface area contributed by atoms with Gasteiger partial charge in [-0.1, -0.05) is 12.0 Å². The molecule has 0 unspecified atom stereocenters. The van der Waals surface area contributed by atoms with Crippen LogP contribution in [0.1, 0.15) is 26.4 Å². The van der Waals surface area contributed by atoms with Gasteiger partial charge in [-0.05, 0) is 36.4 Å². The molecule has 0 saturated carbocycles. The van der Waals surface area contributed by atoms with E-state index in [4.69, 9.17) is 11.5 Å². The first-order valence-corrected chi connectivity index (χ1v) is 8.48. The molecule has 0 fully saturated rings. The Hall–Kier alpha value is -4.51. The Labute approximate surface area is 164 Å². The van der Waals surface area contributed by atoms with E-state index in [2.05, 4.69) is 37.2 Å². The van der Waals surface area contributed by atoms with E-state index in [1.165, 1.54) is 23.5 Å². The molecule has 0 spiro atoms. The lowest BCUT2D eigenvalue weighted by molar-refractivity contribution is 0.0698. The van der Waals surface area contributed by atoms with Crippen LogP contribution >= 0.6 is 0 Å². The molecule has 0 saturated heterocycles. The molecule has 29 heavy (non-hydrogen) atoms. The maximum atomic E-state index is 12.2. The third kappa shape index (κ3) is 3.40. The van der Waals surface area contributed by atoms with Gasteiger partial charge in [-0.15, -0.1) is 6.42 Å². The summed E-state index contributed by atoms with van der Waals surface area (Å²) in [5.41, 5.74) is 3.74. The van der Waals surface area contributed by atoms with E-state index in [0.717, 1.165) is 0 Å².